The van der Waals surface area contributed by atoms with Crippen LogP contribution in [0.5, 0.6) is 28.7 Å². The van der Waals surface area contributed by atoms with E-state index in [4.69, 9.17) is 4.74 Å². The first-order valence-electron chi connectivity index (χ1n) is 9.32. The van der Waals surface area contributed by atoms with E-state index in [1.807, 2.05) is 41.2 Å². The summed E-state index contributed by atoms with van der Waals surface area (Å²) in [7, 11) is 1.63. The van der Waals surface area contributed by atoms with Gasteiger partial charge < -0.3 is 29.7 Å². The summed E-state index contributed by atoms with van der Waals surface area (Å²) in [5, 5.41) is 39.3. The normalized spacial score (nSPS) is 10.8. The van der Waals surface area contributed by atoms with Gasteiger partial charge in [-0.2, -0.15) is 0 Å². The molecule has 4 aromatic rings. The van der Waals surface area contributed by atoms with Crippen molar-refractivity contribution in [3.8, 4) is 51.0 Å². The third-order valence-corrected chi connectivity index (χ3v) is 5.00. The molecule has 30 heavy (non-hydrogen) atoms. The first kappa shape index (κ1) is 19.3. The summed E-state index contributed by atoms with van der Waals surface area (Å²) >= 11 is 0. The van der Waals surface area contributed by atoms with Gasteiger partial charge >= 0.3 is 0 Å². The molecule has 0 saturated heterocycles. The third kappa shape index (κ3) is 3.63. The number of hydrogen-bond donors (Lipinski definition) is 4. The molecule has 1 heterocycles. The molecule has 0 bridgehead atoms. The lowest BCUT2D eigenvalue weighted by molar-refractivity contribution is 0.404. The maximum atomic E-state index is 9.97. The lowest BCUT2D eigenvalue weighted by atomic mass is 9.98. The third-order valence-electron chi connectivity index (χ3n) is 5.00. The standard InChI is InChI=1S/C24H21NO5/c1-30-24-5-3-2-4-17(24)12-25-13-18(15-6-8-20(26)22(28)10-15)19(14-25)16-7-9-21(27)23(29)11-16/h2-11,13-14,26-29H,12H2,1H3. The number of rotatable bonds is 5. The lowest BCUT2D eigenvalue weighted by Gasteiger charge is -2.08. The first-order chi connectivity index (χ1) is 14.5. The largest absolute Gasteiger partial charge is 0.504 e. The van der Waals surface area contributed by atoms with Crippen molar-refractivity contribution in [1.29, 1.82) is 0 Å². The van der Waals surface area contributed by atoms with E-state index in [9.17, 15) is 20.4 Å². The number of aromatic hydroxyl groups is 4. The van der Waals surface area contributed by atoms with Gasteiger partial charge in [0.05, 0.1) is 13.7 Å². The van der Waals surface area contributed by atoms with Crippen LogP contribution in [0.25, 0.3) is 22.3 Å². The molecule has 0 fully saturated rings. The van der Waals surface area contributed by atoms with Crippen LogP contribution in [0.2, 0.25) is 0 Å². The van der Waals surface area contributed by atoms with Gasteiger partial charge in [-0.25, -0.2) is 0 Å². The van der Waals surface area contributed by atoms with Crippen LogP contribution < -0.4 is 4.74 Å². The zero-order valence-electron chi connectivity index (χ0n) is 16.3. The van der Waals surface area contributed by atoms with Crippen molar-refractivity contribution in [1.82, 2.24) is 4.57 Å². The Kier molecular flexibility index (Phi) is 4.98. The van der Waals surface area contributed by atoms with Gasteiger partial charge in [-0.15, -0.1) is 0 Å². The van der Waals surface area contributed by atoms with Crippen molar-refractivity contribution in [3.63, 3.8) is 0 Å². The fraction of sp³-hybridized carbons (Fsp3) is 0.0833. The van der Waals surface area contributed by atoms with Crippen LogP contribution in [0.1, 0.15) is 5.56 Å². The molecule has 4 N–H and O–H groups in total. The Morgan fingerprint density at radius 2 is 1.23 bits per heavy atom. The number of ether oxygens (including phenoxy) is 1. The summed E-state index contributed by atoms with van der Waals surface area (Å²) in [6, 6.07) is 17.0. The molecule has 0 radical (unpaired) electrons. The average Bonchev–Trinajstić information content (AvgIpc) is 3.16. The molecule has 0 amide bonds. The van der Waals surface area contributed by atoms with E-state index in [1.165, 1.54) is 24.3 Å². The van der Waals surface area contributed by atoms with E-state index >= 15 is 0 Å². The van der Waals surface area contributed by atoms with Crippen LogP contribution in [-0.2, 0) is 6.54 Å². The number of nitrogens with zero attached hydrogens (tertiary/aromatic N) is 1. The van der Waals surface area contributed by atoms with Gasteiger partial charge in [0.25, 0.3) is 0 Å². The minimum Gasteiger partial charge on any atom is -0.504 e. The lowest BCUT2D eigenvalue weighted by Crippen LogP contribution is -1.99. The summed E-state index contributed by atoms with van der Waals surface area (Å²) in [5.41, 5.74) is 3.99. The molecule has 0 aliphatic heterocycles. The molecular weight excluding hydrogens is 382 g/mol. The summed E-state index contributed by atoms with van der Waals surface area (Å²) < 4.78 is 7.43. The quantitative estimate of drug-likeness (QED) is 0.362. The van der Waals surface area contributed by atoms with Crippen molar-refractivity contribution >= 4 is 0 Å². The van der Waals surface area contributed by atoms with Crippen LogP contribution >= 0.6 is 0 Å². The highest BCUT2D eigenvalue weighted by Crippen LogP contribution is 2.39. The number of hydrogen-bond acceptors (Lipinski definition) is 5. The van der Waals surface area contributed by atoms with Crippen LogP contribution in [0, 0.1) is 0 Å². The summed E-state index contributed by atoms with van der Waals surface area (Å²) in [6.07, 6.45) is 3.86. The minimum absolute atomic E-state index is 0.198. The second-order valence-electron chi connectivity index (χ2n) is 6.98. The highest BCUT2D eigenvalue weighted by atomic mass is 16.5. The van der Waals surface area contributed by atoms with E-state index in [1.54, 1.807) is 19.2 Å². The van der Waals surface area contributed by atoms with Gasteiger partial charge in [0, 0.05) is 29.1 Å². The SMILES string of the molecule is COc1ccccc1Cn1cc(-c2ccc(O)c(O)c2)c(-c2ccc(O)c(O)c2)c1. The Bertz CT molecular complexity index is 1140. The monoisotopic (exact) mass is 403 g/mol. The van der Waals surface area contributed by atoms with Gasteiger partial charge in [0.15, 0.2) is 23.0 Å². The van der Waals surface area contributed by atoms with Gasteiger partial charge in [-0.05, 0) is 41.5 Å². The van der Waals surface area contributed by atoms with E-state index in [2.05, 4.69) is 0 Å². The van der Waals surface area contributed by atoms with Crippen LogP contribution in [0.4, 0.5) is 0 Å². The molecule has 6 heteroatoms. The second kappa shape index (κ2) is 7.75. The molecule has 0 unspecified atom stereocenters. The van der Waals surface area contributed by atoms with Crippen molar-refractivity contribution < 1.29 is 25.2 Å². The van der Waals surface area contributed by atoms with Gasteiger partial charge in [0.2, 0.25) is 0 Å². The smallest absolute Gasteiger partial charge is 0.158 e. The van der Waals surface area contributed by atoms with Gasteiger partial charge in [-0.3, -0.25) is 0 Å². The zero-order chi connectivity index (χ0) is 21.3. The first-order valence-corrected chi connectivity index (χ1v) is 9.32. The molecule has 0 atom stereocenters. The van der Waals surface area contributed by atoms with Gasteiger partial charge in [-0.1, -0.05) is 30.3 Å². The average molecular weight is 403 g/mol. The van der Waals surface area contributed by atoms with Crippen LogP contribution in [0.3, 0.4) is 0 Å². The summed E-state index contributed by atoms with van der Waals surface area (Å²) in [5.74, 6) is -0.0557. The fourth-order valence-corrected chi connectivity index (χ4v) is 3.47. The second-order valence-corrected chi connectivity index (χ2v) is 6.98. The number of benzene rings is 3. The predicted molar refractivity (Wildman–Crippen MR) is 114 cm³/mol. The van der Waals surface area contributed by atoms with Crippen molar-refractivity contribution in [2.45, 2.75) is 6.54 Å². The van der Waals surface area contributed by atoms with Crippen molar-refractivity contribution in [3.05, 3.63) is 78.6 Å². The highest BCUT2D eigenvalue weighted by molar-refractivity contribution is 5.85. The molecule has 0 aliphatic rings. The number of methoxy groups -OCH3 is 1. The Balaban J connectivity index is 1.84. The summed E-state index contributed by atoms with van der Waals surface area (Å²) in [6.45, 7) is 0.547. The Hall–Kier alpha value is -4.06. The molecule has 6 nitrogen and oxygen atoms in total. The molecule has 0 spiro atoms. The molecule has 1 aromatic heterocycles. The Morgan fingerprint density at radius 3 is 1.73 bits per heavy atom. The Labute approximate surface area is 173 Å². The molecule has 0 saturated carbocycles. The zero-order valence-corrected chi connectivity index (χ0v) is 16.3. The molecular formula is C24H21NO5. The molecule has 152 valence electrons. The topological polar surface area (TPSA) is 95.1 Å². The van der Waals surface area contributed by atoms with E-state index in [0.717, 1.165) is 22.4 Å². The Morgan fingerprint density at radius 1 is 0.700 bits per heavy atom. The maximum absolute atomic E-state index is 9.97. The number of phenols is 4. The van der Waals surface area contributed by atoms with Crippen LogP contribution in [-0.4, -0.2) is 32.1 Å². The maximum Gasteiger partial charge on any atom is 0.158 e. The molecule has 0 aliphatic carbocycles. The van der Waals surface area contributed by atoms with Crippen LogP contribution in [0.15, 0.2) is 73.1 Å². The van der Waals surface area contributed by atoms with E-state index < -0.39 is 0 Å². The summed E-state index contributed by atoms with van der Waals surface area (Å²) in [4.78, 5) is 0. The number of para-hydroxylation sites is 1. The minimum atomic E-state index is -0.218. The van der Waals surface area contributed by atoms with Crippen molar-refractivity contribution in [2.75, 3.05) is 7.11 Å². The number of phenolic OH excluding ortho intramolecular Hbond substituents is 4. The molecule has 3 aromatic carbocycles. The predicted octanol–water partition coefficient (Wildman–Crippen LogP) is 4.70. The van der Waals surface area contributed by atoms with Gasteiger partial charge in [0.1, 0.15) is 5.75 Å². The van der Waals surface area contributed by atoms with E-state index in [0.29, 0.717) is 17.7 Å². The number of aromatic nitrogens is 1. The van der Waals surface area contributed by atoms with Crippen molar-refractivity contribution in [2.24, 2.45) is 0 Å². The highest BCUT2D eigenvalue weighted by Gasteiger charge is 2.15. The van der Waals surface area contributed by atoms with E-state index in [-0.39, 0.29) is 23.0 Å². The molecule has 4 rings (SSSR count). The fourth-order valence-electron chi connectivity index (χ4n) is 3.47.